The highest BCUT2D eigenvalue weighted by Gasteiger charge is 2.27. The Morgan fingerprint density at radius 1 is 1.30 bits per heavy atom. The van der Waals surface area contributed by atoms with Gasteiger partial charge in [-0.15, -0.1) is 0 Å². The molecule has 0 spiro atoms. The molecule has 0 unspecified atom stereocenters. The molecule has 1 saturated heterocycles. The third kappa shape index (κ3) is 3.89. The number of halogens is 1. The Morgan fingerprint density at radius 3 is 2.93 bits per heavy atom. The Kier molecular flexibility index (Phi) is 4.95. The van der Waals surface area contributed by atoms with Gasteiger partial charge in [0.05, 0.1) is 12.7 Å². The van der Waals surface area contributed by atoms with Crippen LogP contribution in [0.15, 0.2) is 43.1 Å². The minimum Gasteiger partial charge on any atom is -0.342 e. The Bertz CT molecular complexity index is 889. The first-order chi connectivity index (χ1) is 13.2. The van der Waals surface area contributed by atoms with E-state index in [4.69, 9.17) is 0 Å². The van der Waals surface area contributed by atoms with Gasteiger partial charge < -0.3 is 4.90 Å². The lowest BCUT2D eigenvalue weighted by molar-refractivity contribution is -0.132. The van der Waals surface area contributed by atoms with Crippen LogP contribution in [0.25, 0.3) is 11.1 Å². The molecule has 140 valence electrons. The van der Waals surface area contributed by atoms with Gasteiger partial charge in [0.2, 0.25) is 5.91 Å². The van der Waals surface area contributed by atoms with Crippen LogP contribution in [0.5, 0.6) is 0 Å². The molecule has 0 radical (unpaired) electrons. The summed E-state index contributed by atoms with van der Waals surface area (Å²) in [7, 11) is 0. The summed E-state index contributed by atoms with van der Waals surface area (Å²) in [5, 5.41) is 11.3. The monoisotopic (exact) mass is 368 g/mol. The number of nitrogens with one attached hydrogen (secondary N) is 1. The topological polar surface area (TPSA) is 79.7 Å². The molecule has 1 atom stereocenters. The van der Waals surface area contributed by atoms with Crippen LogP contribution in [-0.2, 0) is 11.3 Å². The largest absolute Gasteiger partial charge is 0.342 e. The SMILES string of the molecule is O=C(CCn1cncn1)N1CCC[C@@H](c2[nH]ncc2-c2ccc(F)cc2)C1. The Morgan fingerprint density at radius 2 is 2.15 bits per heavy atom. The van der Waals surface area contributed by atoms with E-state index in [0.717, 1.165) is 36.2 Å². The van der Waals surface area contributed by atoms with Crippen molar-refractivity contribution in [2.24, 2.45) is 0 Å². The smallest absolute Gasteiger partial charge is 0.224 e. The number of piperidine rings is 1. The van der Waals surface area contributed by atoms with E-state index in [9.17, 15) is 9.18 Å². The maximum absolute atomic E-state index is 13.2. The molecule has 0 bridgehead atoms. The summed E-state index contributed by atoms with van der Waals surface area (Å²) >= 11 is 0. The first-order valence-electron chi connectivity index (χ1n) is 9.10. The van der Waals surface area contributed by atoms with E-state index in [-0.39, 0.29) is 17.6 Å². The molecule has 27 heavy (non-hydrogen) atoms. The van der Waals surface area contributed by atoms with Crippen LogP contribution in [0.4, 0.5) is 4.39 Å². The molecule has 1 aromatic carbocycles. The molecule has 1 N–H and O–H groups in total. The molecule has 1 aliphatic rings. The molecule has 8 heteroatoms. The molecule has 0 saturated carbocycles. The summed E-state index contributed by atoms with van der Waals surface area (Å²) in [6.07, 6.45) is 7.20. The molecule has 1 amide bonds. The first-order valence-corrected chi connectivity index (χ1v) is 9.10. The summed E-state index contributed by atoms with van der Waals surface area (Å²) in [5.74, 6) is 0.0558. The zero-order valence-electron chi connectivity index (χ0n) is 14.9. The van der Waals surface area contributed by atoms with Crippen LogP contribution in [0.3, 0.4) is 0 Å². The summed E-state index contributed by atoms with van der Waals surface area (Å²) in [4.78, 5) is 18.4. The molecule has 3 aromatic rings. The zero-order valence-corrected chi connectivity index (χ0v) is 14.9. The number of nitrogens with zero attached hydrogens (tertiary/aromatic N) is 5. The molecule has 0 aliphatic carbocycles. The van der Waals surface area contributed by atoms with Crippen LogP contribution in [0.2, 0.25) is 0 Å². The van der Waals surface area contributed by atoms with Crippen molar-refractivity contribution in [3.8, 4) is 11.1 Å². The van der Waals surface area contributed by atoms with Gasteiger partial charge in [0.1, 0.15) is 18.5 Å². The quantitative estimate of drug-likeness (QED) is 0.751. The predicted molar refractivity (Wildman–Crippen MR) is 97.2 cm³/mol. The lowest BCUT2D eigenvalue weighted by atomic mass is 9.90. The van der Waals surface area contributed by atoms with Crippen molar-refractivity contribution in [2.45, 2.75) is 31.7 Å². The summed E-state index contributed by atoms with van der Waals surface area (Å²) < 4.78 is 14.9. The van der Waals surface area contributed by atoms with Gasteiger partial charge in [-0.3, -0.25) is 14.6 Å². The molecular weight excluding hydrogens is 347 g/mol. The van der Waals surface area contributed by atoms with Gasteiger partial charge in [-0.25, -0.2) is 9.37 Å². The molecule has 4 rings (SSSR count). The number of H-pyrrole nitrogens is 1. The number of rotatable bonds is 5. The fraction of sp³-hybridized carbons (Fsp3) is 0.368. The highest BCUT2D eigenvalue weighted by molar-refractivity contribution is 5.76. The zero-order chi connectivity index (χ0) is 18.6. The van der Waals surface area contributed by atoms with Crippen LogP contribution >= 0.6 is 0 Å². The lowest BCUT2D eigenvalue weighted by Crippen LogP contribution is -2.39. The van der Waals surface area contributed by atoms with E-state index in [1.807, 2.05) is 4.90 Å². The van der Waals surface area contributed by atoms with Gasteiger partial charge in [-0.1, -0.05) is 12.1 Å². The second-order valence-corrected chi connectivity index (χ2v) is 6.79. The summed E-state index contributed by atoms with van der Waals surface area (Å²) in [6.45, 7) is 1.96. The second kappa shape index (κ2) is 7.69. The van der Waals surface area contributed by atoms with Gasteiger partial charge in [-0.2, -0.15) is 10.2 Å². The number of aromatic nitrogens is 5. The maximum Gasteiger partial charge on any atom is 0.224 e. The van der Waals surface area contributed by atoms with E-state index in [1.54, 1.807) is 29.3 Å². The van der Waals surface area contributed by atoms with Crippen LogP contribution < -0.4 is 0 Å². The standard InChI is InChI=1S/C19H21FN6O/c20-16-5-3-14(4-6-16)17-10-22-24-19(17)15-2-1-8-25(11-15)18(27)7-9-26-13-21-12-23-26/h3-6,10,12-13,15H,1-2,7-9,11H2,(H,22,24)/t15-/m1/s1. The fourth-order valence-electron chi connectivity index (χ4n) is 3.62. The van der Waals surface area contributed by atoms with Crippen molar-refractivity contribution in [2.75, 3.05) is 13.1 Å². The van der Waals surface area contributed by atoms with Crippen molar-refractivity contribution in [3.05, 3.63) is 54.6 Å². The number of aryl methyl sites for hydroxylation is 1. The maximum atomic E-state index is 13.2. The predicted octanol–water partition coefficient (Wildman–Crippen LogP) is 2.60. The minimum atomic E-state index is -0.259. The van der Waals surface area contributed by atoms with Crippen molar-refractivity contribution in [3.63, 3.8) is 0 Å². The third-order valence-electron chi connectivity index (χ3n) is 5.03. The number of benzene rings is 1. The average Bonchev–Trinajstić information content (AvgIpc) is 3.39. The number of amides is 1. The fourth-order valence-corrected chi connectivity index (χ4v) is 3.62. The molecule has 3 heterocycles. The van der Waals surface area contributed by atoms with E-state index in [1.165, 1.54) is 18.5 Å². The van der Waals surface area contributed by atoms with Crippen LogP contribution in [0, 0.1) is 5.82 Å². The normalized spacial score (nSPS) is 17.2. The molecular formula is C19H21FN6O. The van der Waals surface area contributed by atoms with Crippen LogP contribution in [-0.4, -0.2) is 48.9 Å². The van der Waals surface area contributed by atoms with Gasteiger partial charge >= 0.3 is 0 Å². The summed E-state index contributed by atoms with van der Waals surface area (Å²) in [5.41, 5.74) is 2.90. The molecule has 1 fully saturated rings. The Hall–Kier alpha value is -3.03. The Labute approximate surface area is 156 Å². The van der Waals surface area contributed by atoms with Gasteiger partial charge in [0, 0.05) is 36.7 Å². The number of hydrogen-bond acceptors (Lipinski definition) is 4. The van der Waals surface area contributed by atoms with Crippen molar-refractivity contribution in [1.29, 1.82) is 0 Å². The average molecular weight is 368 g/mol. The van der Waals surface area contributed by atoms with E-state index in [2.05, 4.69) is 20.3 Å². The van der Waals surface area contributed by atoms with E-state index < -0.39 is 0 Å². The number of hydrogen-bond donors (Lipinski definition) is 1. The number of carbonyl (C=O) groups excluding carboxylic acids is 1. The van der Waals surface area contributed by atoms with Crippen molar-refractivity contribution < 1.29 is 9.18 Å². The van der Waals surface area contributed by atoms with E-state index >= 15 is 0 Å². The number of likely N-dealkylation sites (tertiary alicyclic amines) is 1. The van der Waals surface area contributed by atoms with Crippen molar-refractivity contribution in [1.82, 2.24) is 29.9 Å². The first kappa shape index (κ1) is 17.4. The lowest BCUT2D eigenvalue weighted by Gasteiger charge is -2.33. The second-order valence-electron chi connectivity index (χ2n) is 6.79. The van der Waals surface area contributed by atoms with Crippen LogP contribution in [0.1, 0.15) is 30.9 Å². The van der Waals surface area contributed by atoms with Gasteiger partial charge in [0.15, 0.2) is 0 Å². The minimum absolute atomic E-state index is 0.123. The number of carbonyl (C=O) groups is 1. The van der Waals surface area contributed by atoms with Gasteiger partial charge in [0.25, 0.3) is 0 Å². The number of aromatic amines is 1. The summed E-state index contributed by atoms with van der Waals surface area (Å²) in [6, 6.07) is 6.42. The highest BCUT2D eigenvalue weighted by Crippen LogP contribution is 2.33. The Balaban J connectivity index is 1.45. The molecule has 1 aliphatic heterocycles. The molecule has 2 aromatic heterocycles. The highest BCUT2D eigenvalue weighted by atomic mass is 19.1. The molecule has 7 nitrogen and oxygen atoms in total. The van der Waals surface area contributed by atoms with Gasteiger partial charge in [-0.05, 0) is 30.5 Å². The van der Waals surface area contributed by atoms with Crippen molar-refractivity contribution >= 4 is 5.91 Å². The third-order valence-corrected chi connectivity index (χ3v) is 5.03. The van der Waals surface area contributed by atoms with E-state index in [0.29, 0.717) is 19.5 Å².